The number of anilines is 2. The second-order valence-electron chi connectivity index (χ2n) is 5.16. The Morgan fingerprint density at radius 1 is 1.04 bits per heavy atom. The maximum atomic E-state index is 12.3. The molecule has 8 heteroatoms. The van der Waals surface area contributed by atoms with Crippen LogP contribution in [0.25, 0.3) is 5.08 Å². The highest BCUT2D eigenvalue weighted by molar-refractivity contribution is 6.05. The van der Waals surface area contributed by atoms with Crippen molar-refractivity contribution in [2.24, 2.45) is 0 Å². The molecule has 8 nitrogen and oxygen atoms in total. The molecule has 3 aromatic rings. The zero-order valence-electron chi connectivity index (χ0n) is 13.5. The highest BCUT2D eigenvalue weighted by atomic mass is 16.5. The van der Waals surface area contributed by atoms with Crippen molar-refractivity contribution in [3.63, 3.8) is 0 Å². The Bertz CT molecular complexity index is 953. The molecule has 0 atom stereocenters. The lowest BCUT2D eigenvalue weighted by atomic mass is 10.2. The van der Waals surface area contributed by atoms with Crippen LogP contribution < -0.4 is 15.5 Å². The van der Waals surface area contributed by atoms with Crippen LogP contribution in [-0.2, 0) is 0 Å². The molecule has 0 bridgehead atoms. The highest BCUT2D eigenvalue weighted by Crippen LogP contribution is 2.27. The largest absolute Gasteiger partial charge is 0.504 e. The summed E-state index contributed by atoms with van der Waals surface area (Å²) in [5, 5.41) is 23.8. The van der Waals surface area contributed by atoms with Crippen LogP contribution >= 0.6 is 0 Å². The van der Waals surface area contributed by atoms with E-state index in [4.69, 9.17) is 10.1 Å². The Balaban J connectivity index is 1.70. The van der Waals surface area contributed by atoms with Crippen molar-refractivity contribution >= 4 is 17.3 Å². The Hall–Kier alpha value is -4.12. The van der Waals surface area contributed by atoms with Gasteiger partial charge in [-0.05, 0) is 47.9 Å². The monoisotopic (exact) mass is 348 g/mol. The molecule has 3 N–H and O–H groups in total. The molecule has 3 rings (SSSR count). The van der Waals surface area contributed by atoms with Crippen molar-refractivity contribution in [3.8, 4) is 17.2 Å². The number of amides is 1. The second-order valence-corrected chi connectivity index (χ2v) is 5.16. The van der Waals surface area contributed by atoms with E-state index in [9.17, 15) is 9.90 Å². The van der Waals surface area contributed by atoms with E-state index in [1.54, 1.807) is 24.3 Å². The van der Waals surface area contributed by atoms with Crippen LogP contribution in [0.4, 0.5) is 11.4 Å². The molecule has 26 heavy (non-hydrogen) atoms. The van der Waals surface area contributed by atoms with Crippen LogP contribution in [0, 0.1) is 5.39 Å². The predicted molar refractivity (Wildman–Crippen MR) is 95.5 cm³/mol. The van der Waals surface area contributed by atoms with E-state index in [1.165, 1.54) is 12.3 Å². The first-order valence-corrected chi connectivity index (χ1v) is 7.60. The molecule has 1 heterocycles. The highest BCUT2D eigenvalue weighted by Gasteiger charge is 2.18. The lowest BCUT2D eigenvalue weighted by Gasteiger charge is -2.09. The van der Waals surface area contributed by atoms with Gasteiger partial charge in [-0.2, -0.15) is 0 Å². The van der Waals surface area contributed by atoms with Crippen LogP contribution in [-0.4, -0.2) is 16.0 Å². The molecule has 0 unspecified atom stereocenters. The molecule has 0 fully saturated rings. The summed E-state index contributed by atoms with van der Waals surface area (Å²) in [5.41, 5.74) is 2.51. The van der Waals surface area contributed by atoms with Crippen molar-refractivity contribution in [2.75, 3.05) is 10.7 Å². The number of ether oxygens (including phenoxy) is 1. The van der Waals surface area contributed by atoms with Gasteiger partial charge in [-0.1, -0.05) is 18.2 Å². The van der Waals surface area contributed by atoms with Crippen molar-refractivity contribution in [3.05, 3.63) is 77.6 Å². The molecule has 128 valence electrons. The van der Waals surface area contributed by atoms with E-state index in [0.29, 0.717) is 17.2 Å². The van der Waals surface area contributed by atoms with E-state index < -0.39 is 11.7 Å². The van der Waals surface area contributed by atoms with E-state index in [-0.39, 0.29) is 11.4 Å². The number of aromatic hydroxyl groups is 1. The number of benzene rings is 2. The normalized spacial score (nSPS) is 9.81. The number of nitrogens with zero attached hydrogens (tertiary/aromatic N) is 3. The maximum Gasteiger partial charge on any atom is 0.308 e. The molecular weight excluding hydrogens is 334 g/mol. The first kappa shape index (κ1) is 16.7. The average Bonchev–Trinajstić information content (AvgIpc) is 2.66. The Kier molecular flexibility index (Phi) is 4.91. The first-order valence-electron chi connectivity index (χ1n) is 7.60. The number of hydrogen-bond donors (Lipinski definition) is 3. The lowest BCUT2D eigenvalue weighted by molar-refractivity contribution is 0.101. The maximum absolute atomic E-state index is 12.3. The van der Waals surface area contributed by atoms with E-state index in [1.807, 2.05) is 30.3 Å². The van der Waals surface area contributed by atoms with Gasteiger partial charge in [0.2, 0.25) is 0 Å². The Labute approximate surface area is 148 Å². The van der Waals surface area contributed by atoms with Crippen LogP contribution in [0.1, 0.15) is 10.5 Å². The minimum absolute atomic E-state index is 0.0549. The first-order chi connectivity index (χ1) is 12.7. The van der Waals surface area contributed by atoms with E-state index >= 15 is 0 Å². The number of nitrogens with one attached hydrogen (secondary N) is 2. The van der Waals surface area contributed by atoms with Crippen molar-refractivity contribution in [1.82, 2.24) is 4.98 Å². The summed E-state index contributed by atoms with van der Waals surface area (Å²) in [6, 6.07) is 17.4. The summed E-state index contributed by atoms with van der Waals surface area (Å²) in [4.78, 5) is 16.1. The van der Waals surface area contributed by atoms with Gasteiger partial charge in [0.05, 0.1) is 0 Å². The van der Waals surface area contributed by atoms with E-state index in [2.05, 4.69) is 20.8 Å². The fourth-order valence-corrected chi connectivity index (χ4v) is 2.19. The number of carbonyl (C=O) groups excluding carboxylic acids is 1. The van der Waals surface area contributed by atoms with Crippen LogP contribution in [0.3, 0.4) is 0 Å². The summed E-state index contributed by atoms with van der Waals surface area (Å²) in [7, 11) is 0. The van der Waals surface area contributed by atoms with Gasteiger partial charge in [-0.3, -0.25) is 4.79 Å². The molecule has 0 radical (unpaired) electrons. The van der Waals surface area contributed by atoms with E-state index in [0.717, 1.165) is 0 Å². The number of pyridine rings is 1. The summed E-state index contributed by atoms with van der Waals surface area (Å²) in [6.45, 7) is 0. The molecule has 0 aliphatic heterocycles. The fourth-order valence-electron chi connectivity index (χ4n) is 2.19. The summed E-state index contributed by atoms with van der Waals surface area (Å²) >= 11 is 0. The third kappa shape index (κ3) is 3.85. The van der Waals surface area contributed by atoms with Gasteiger partial charge in [0, 0.05) is 11.9 Å². The van der Waals surface area contributed by atoms with Gasteiger partial charge < -0.3 is 15.2 Å². The predicted octanol–water partition coefficient (Wildman–Crippen LogP) is 4.01. The van der Waals surface area contributed by atoms with Crippen LogP contribution in [0.2, 0.25) is 0 Å². The number of aromatic nitrogens is 1. The zero-order chi connectivity index (χ0) is 18.4. The number of rotatable bonds is 5. The topological polar surface area (TPSA) is 112 Å². The SMILES string of the molecule is N#[N+]Nc1ccnc(C(=O)Nc2ccc(Oc3ccccc3)cc2)c1O. The minimum atomic E-state index is -0.610. The van der Waals surface area contributed by atoms with Gasteiger partial charge >= 0.3 is 5.08 Å². The average molecular weight is 348 g/mol. The quantitative estimate of drug-likeness (QED) is 0.474. The van der Waals surface area contributed by atoms with Crippen molar-refractivity contribution in [1.29, 1.82) is 5.39 Å². The molecule has 1 aromatic heterocycles. The summed E-state index contributed by atoms with van der Waals surface area (Å²) < 4.78 is 5.68. The van der Waals surface area contributed by atoms with Gasteiger partial charge in [-0.15, -0.1) is 0 Å². The third-order valence-corrected chi connectivity index (χ3v) is 3.40. The fraction of sp³-hybridized carbons (Fsp3) is 0. The molecular formula is C18H14N5O3+. The second kappa shape index (κ2) is 7.63. The zero-order valence-corrected chi connectivity index (χ0v) is 13.5. The van der Waals surface area contributed by atoms with Crippen LogP contribution in [0.15, 0.2) is 66.9 Å². The van der Waals surface area contributed by atoms with Crippen molar-refractivity contribution in [2.45, 2.75) is 0 Å². The van der Waals surface area contributed by atoms with Gasteiger partial charge in [0.15, 0.2) is 17.1 Å². The molecule has 0 saturated heterocycles. The molecule has 0 saturated carbocycles. The van der Waals surface area contributed by atoms with Gasteiger partial charge in [-0.25, -0.2) is 4.98 Å². The van der Waals surface area contributed by atoms with Gasteiger partial charge in [0.25, 0.3) is 11.3 Å². The molecule has 0 spiro atoms. The van der Waals surface area contributed by atoms with Crippen molar-refractivity contribution < 1.29 is 14.6 Å². The van der Waals surface area contributed by atoms with Gasteiger partial charge in [0.1, 0.15) is 11.5 Å². The number of diazo groups is 1. The number of hydrogen-bond acceptors (Lipinski definition) is 6. The molecule has 1 amide bonds. The van der Waals surface area contributed by atoms with Crippen LogP contribution in [0.5, 0.6) is 17.2 Å². The molecule has 2 aromatic carbocycles. The third-order valence-electron chi connectivity index (χ3n) is 3.40. The standard InChI is InChI=1S/C18H13N5O3/c19-23-22-15-10-11-20-16(17(15)24)18(25)21-12-6-8-14(9-7-12)26-13-4-2-1-3-5-13/h1-11,19H,(H,21,25)/p+1. The molecule has 0 aliphatic carbocycles. The summed E-state index contributed by atoms with van der Waals surface area (Å²) in [5.74, 6) is 0.288. The minimum Gasteiger partial charge on any atom is -0.504 e. The number of carbonyl (C=O) groups is 1. The Morgan fingerprint density at radius 3 is 2.42 bits per heavy atom. The lowest BCUT2D eigenvalue weighted by Crippen LogP contribution is -2.14. The Morgan fingerprint density at radius 2 is 1.73 bits per heavy atom. The number of para-hydroxylation sites is 1. The molecule has 0 aliphatic rings. The summed E-state index contributed by atoms with van der Waals surface area (Å²) in [6.07, 6.45) is 1.30. The smallest absolute Gasteiger partial charge is 0.308 e.